The van der Waals surface area contributed by atoms with E-state index in [9.17, 15) is 14.8 Å². The van der Waals surface area contributed by atoms with Gasteiger partial charge in [-0.1, -0.05) is 29.8 Å². The van der Waals surface area contributed by atoms with Crippen LogP contribution in [0.15, 0.2) is 76.7 Å². The van der Waals surface area contributed by atoms with Gasteiger partial charge in [-0.15, -0.1) is 0 Å². The van der Waals surface area contributed by atoms with Gasteiger partial charge >= 0.3 is 5.97 Å². The molecule has 1 aromatic carbocycles. The molecule has 1 aliphatic heterocycles. The molecule has 0 N–H and O–H groups in total. The molecule has 0 fully saturated rings. The standard InChI is InChI=1S/C22H19N3O5/c1-15-4-6-16(7-5-15)18-13-19(20-3-2-12-29-20)25(23-18)21(26)14-30-22(27)17-8-10-24(28)11-9-17/h2-12,19H,13-14H2,1H3/t19-/m1/s1. The van der Waals surface area contributed by atoms with E-state index < -0.39 is 24.5 Å². The lowest BCUT2D eigenvalue weighted by Crippen LogP contribution is -2.31. The number of carbonyl (C=O) groups excluding carboxylic acids is 2. The molecule has 4 rings (SSSR count). The summed E-state index contributed by atoms with van der Waals surface area (Å²) in [6, 6.07) is 13.7. The Morgan fingerprint density at radius 1 is 1.20 bits per heavy atom. The Hall–Kier alpha value is -3.94. The molecule has 1 amide bonds. The van der Waals surface area contributed by atoms with Crippen molar-refractivity contribution in [3.8, 4) is 0 Å². The third-order valence-electron chi connectivity index (χ3n) is 4.79. The molecule has 3 aromatic rings. The number of esters is 1. The molecule has 0 saturated heterocycles. The molecule has 0 aliphatic carbocycles. The van der Waals surface area contributed by atoms with Gasteiger partial charge in [-0.2, -0.15) is 9.83 Å². The number of furan rings is 1. The SMILES string of the molecule is Cc1ccc(C2=NN(C(=O)COC(=O)c3cc[n+]([O-])cc3)[C@@H](c3ccco3)C2)cc1. The number of aryl methyl sites for hydroxylation is 1. The Kier molecular flexibility index (Phi) is 5.30. The summed E-state index contributed by atoms with van der Waals surface area (Å²) in [4.78, 5) is 25.0. The van der Waals surface area contributed by atoms with Crippen LogP contribution < -0.4 is 4.73 Å². The normalized spacial score (nSPS) is 15.7. The second-order valence-corrected chi connectivity index (χ2v) is 6.91. The van der Waals surface area contributed by atoms with Crippen molar-refractivity contribution >= 4 is 17.6 Å². The first-order valence-corrected chi connectivity index (χ1v) is 9.37. The zero-order valence-corrected chi connectivity index (χ0v) is 16.2. The number of hydrazone groups is 1. The van der Waals surface area contributed by atoms with Crippen LogP contribution in [0.25, 0.3) is 0 Å². The number of nitrogens with zero attached hydrogens (tertiary/aromatic N) is 3. The highest BCUT2D eigenvalue weighted by Gasteiger charge is 2.35. The Balaban J connectivity index is 1.50. The maximum atomic E-state index is 12.8. The summed E-state index contributed by atoms with van der Waals surface area (Å²) in [6.45, 7) is 1.52. The van der Waals surface area contributed by atoms with Crippen molar-refractivity contribution < 1.29 is 23.5 Å². The van der Waals surface area contributed by atoms with Gasteiger partial charge in [0, 0.05) is 18.6 Å². The first-order chi connectivity index (χ1) is 14.5. The lowest BCUT2D eigenvalue weighted by Gasteiger charge is -2.19. The van der Waals surface area contributed by atoms with E-state index in [-0.39, 0.29) is 5.56 Å². The molecule has 152 valence electrons. The molecule has 0 spiro atoms. The lowest BCUT2D eigenvalue weighted by atomic mass is 10.0. The van der Waals surface area contributed by atoms with Crippen molar-refractivity contribution in [1.82, 2.24) is 5.01 Å². The van der Waals surface area contributed by atoms with Gasteiger partial charge in [0.05, 0.1) is 17.5 Å². The molecule has 0 bridgehead atoms. The van der Waals surface area contributed by atoms with Crippen LogP contribution in [0.5, 0.6) is 0 Å². The predicted octanol–water partition coefficient (Wildman–Crippen LogP) is 2.76. The number of rotatable bonds is 5. The number of ether oxygens (including phenoxy) is 1. The molecule has 8 nitrogen and oxygen atoms in total. The van der Waals surface area contributed by atoms with Gasteiger partial charge < -0.3 is 14.4 Å². The van der Waals surface area contributed by atoms with E-state index in [0.29, 0.717) is 16.9 Å². The van der Waals surface area contributed by atoms with E-state index in [0.717, 1.165) is 16.8 Å². The van der Waals surface area contributed by atoms with Gasteiger partial charge in [0.15, 0.2) is 19.0 Å². The van der Waals surface area contributed by atoms with E-state index in [1.54, 1.807) is 18.4 Å². The second-order valence-electron chi connectivity index (χ2n) is 6.91. The molecule has 0 radical (unpaired) electrons. The van der Waals surface area contributed by atoms with E-state index in [2.05, 4.69) is 5.10 Å². The van der Waals surface area contributed by atoms with Crippen LogP contribution in [0.2, 0.25) is 0 Å². The second kappa shape index (κ2) is 8.20. The third kappa shape index (κ3) is 4.07. The fourth-order valence-corrected chi connectivity index (χ4v) is 3.19. The smallest absolute Gasteiger partial charge is 0.339 e. The van der Waals surface area contributed by atoms with E-state index in [1.807, 2.05) is 31.2 Å². The minimum Gasteiger partial charge on any atom is -0.619 e. The molecule has 0 saturated carbocycles. The number of amides is 1. The molecule has 2 aromatic heterocycles. The fourth-order valence-electron chi connectivity index (χ4n) is 3.19. The quantitative estimate of drug-likeness (QED) is 0.369. The third-order valence-corrected chi connectivity index (χ3v) is 4.79. The zero-order chi connectivity index (χ0) is 21.1. The molecule has 30 heavy (non-hydrogen) atoms. The summed E-state index contributed by atoms with van der Waals surface area (Å²) >= 11 is 0. The van der Waals surface area contributed by atoms with Gasteiger partial charge in [-0.25, -0.2) is 9.80 Å². The number of aromatic nitrogens is 1. The van der Waals surface area contributed by atoms with Crippen LogP contribution in [-0.4, -0.2) is 29.2 Å². The Labute approximate surface area is 172 Å². The molecular weight excluding hydrogens is 386 g/mol. The predicted molar refractivity (Wildman–Crippen MR) is 106 cm³/mol. The van der Waals surface area contributed by atoms with Crippen LogP contribution in [-0.2, 0) is 9.53 Å². The Morgan fingerprint density at radius 3 is 2.60 bits per heavy atom. The van der Waals surface area contributed by atoms with Crippen LogP contribution in [0, 0.1) is 12.1 Å². The molecule has 3 heterocycles. The summed E-state index contributed by atoms with van der Waals surface area (Å²) in [5, 5.41) is 16.9. The van der Waals surface area contributed by atoms with Crippen molar-refractivity contribution in [2.75, 3.05) is 6.61 Å². The Bertz CT molecular complexity index is 1070. The largest absolute Gasteiger partial charge is 0.619 e. The molecule has 1 aliphatic rings. The summed E-state index contributed by atoms with van der Waals surface area (Å²) in [7, 11) is 0. The van der Waals surface area contributed by atoms with Gasteiger partial charge in [-0.05, 0) is 24.6 Å². The summed E-state index contributed by atoms with van der Waals surface area (Å²) in [5.74, 6) is -0.564. The first kappa shape index (κ1) is 19.4. The van der Waals surface area contributed by atoms with Crippen molar-refractivity contribution in [2.45, 2.75) is 19.4 Å². The monoisotopic (exact) mass is 405 g/mol. The summed E-state index contributed by atoms with van der Waals surface area (Å²) < 4.78 is 11.2. The average molecular weight is 405 g/mol. The summed E-state index contributed by atoms with van der Waals surface area (Å²) in [5.41, 5.74) is 2.98. The highest BCUT2D eigenvalue weighted by atomic mass is 16.5. The number of benzene rings is 1. The number of carbonyl (C=O) groups is 2. The van der Waals surface area contributed by atoms with Crippen molar-refractivity contribution in [3.05, 3.63) is 94.8 Å². The van der Waals surface area contributed by atoms with E-state index in [4.69, 9.17) is 9.15 Å². The Morgan fingerprint density at radius 2 is 1.93 bits per heavy atom. The fraction of sp³-hybridized carbons (Fsp3) is 0.182. The van der Waals surface area contributed by atoms with E-state index in [1.165, 1.54) is 29.5 Å². The lowest BCUT2D eigenvalue weighted by molar-refractivity contribution is -0.605. The van der Waals surface area contributed by atoms with Crippen LogP contribution in [0.3, 0.4) is 0 Å². The maximum Gasteiger partial charge on any atom is 0.339 e. The number of hydrogen-bond acceptors (Lipinski definition) is 6. The maximum absolute atomic E-state index is 12.8. The van der Waals surface area contributed by atoms with Gasteiger partial charge in [0.25, 0.3) is 5.91 Å². The number of hydrogen-bond donors (Lipinski definition) is 0. The van der Waals surface area contributed by atoms with E-state index >= 15 is 0 Å². The van der Waals surface area contributed by atoms with Gasteiger partial charge in [0.1, 0.15) is 11.8 Å². The highest BCUT2D eigenvalue weighted by Crippen LogP contribution is 2.33. The van der Waals surface area contributed by atoms with Crippen molar-refractivity contribution in [1.29, 1.82) is 0 Å². The topological polar surface area (TPSA) is 99.1 Å². The highest BCUT2D eigenvalue weighted by molar-refractivity contribution is 6.03. The molecule has 1 atom stereocenters. The number of pyridine rings is 1. The minimum absolute atomic E-state index is 0.183. The minimum atomic E-state index is -0.694. The zero-order valence-electron chi connectivity index (χ0n) is 16.2. The first-order valence-electron chi connectivity index (χ1n) is 9.37. The summed E-state index contributed by atoms with van der Waals surface area (Å²) in [6.07, 6.45) is 4.39. The van der Waals surface area contributed by atoms with Gasteiger partial charge in [-0.3, -0.25) is 4.79 Å². The van der Waals surface area contributed by atoms with Crippen molar-refractivity contribution in [3.63, 3.8) is 0 Å². The van der Waals surface area contributed by atoms with Crippen LogP contribution in [0.1, 0.15) is 39.7 Å². The van der Waals surface area contributed by atoms with Crippen molar-refractivity contribution in [2.24, 2.45) is 5.10 Å². The molecular formula is C22H19N3O5. The average Bonchev–Trinajstić information content (AvgIpc) is 3.43. The van der Waals surface area contributed by atoms with Crippen LogP contribution >= 0.6 is 0 Å². The van der Waals surface area contributed by atoms with Gasteiger partial charge in [0.2, 0.25) is 0 Å². The molecule has 0 unspecified atom stereocenters. The van der Waals surface area contributed by atoms with Crippen LogP contribution in [0.4, 0.5) is 0 Å². The molecule has 8 heteroatoms.